The van der Waals surface area contributed by atoms with E-state index in [0.717, 1.165) is 32.6 Å². The molecule has 0 bridgehead atoms. The number of nitrogens with zero attached hydrogens (tertiary/aromatic N) is 1. The molecule has 1 atom stereocenters. The molecule has 0 amide bonds. The van der Waals surface area contributed by atoms with Gasteiger partial charge in [0.1, 0.15) is 28.8 Å². The number of rotatable bonds is 4. The second kappa shape index (κ2) is 5.87. The van der Waals surface area contributed by atoms with E-state index in [1.807, 2.05) is 43.4 Å². The first-order chi connectivity index (χ1) is 10.2. The Kier molecular flexibility index (Phi) is 3.94. The number of halogens is 1. The monoisotopic (exact) mass is 346 g/mol. The molecule has 2 aromatic heterocycles. The summed E-state index contributed by atoms with van der Waals surface area (Å²) >= 11 is 3.51. The molecule has 0 saturated carbocycles. The SMILES string of the molecule is CNC(c1cc2cccc(Br)c2o1)c1ncccc1OC. The third-order valence-corrected chi connectivity index (χ3v) is 4.01. The predicted molar refractivity (Wildman–Crippen MR) is 85.6 cm³/mol. The van der Waals surface area contributed by atoms with Crippen LogP contribution in [-0.2, 0) is 0 Å². The van der Waals surface area contributed by atoms with Gasteiger partial charge in [-0.2, -0.15) is 0 Å². The van der Waals surface area contributed by atoms with E-state index >= 15 is 0 Å². The second-order valence-corrected chi connectivity index (χ2v) is 5.47. The van der Waals surface area contributed by atoms with E-state index in [1.165, 1.54) is 0 Å². The summed E-state index contributed by atoms with van der Waals surface area (Å²) in [5.74, 6) is 1.53. The Morgan fingerprint density at radius 1 is 1.29 bits per heavy atom. The Bertz CT molecular complexity index is 770. The van der Waals surface area contributed by atoms with Crippen LogP contribution in [-0.4, -0.2) is 19.1 Å². The fourth-order valence-corrected chi connectivity index (χ4v) is 2.86. The van der Waals surface area contributed by atoms with Crippen molar-refractivity contribution in [1.82, 2.24) is 10.3 Å². The molecule has 0 radical (unpaired) electrons. The molecule has 0 aliphatic heterocycles. The summed E-state index contributed by atoms with van der Waals surface area (Å²) in [6.07, 6.45) is 1.75. The average molecular weight is 347 g/mol. The topological polar surface area (TPSA) is 47.3 Å². The normalized spacial score (nSPS) is 12.5. The molecule has 1 aromatic carbocycles. The summed E-state index contributed by atoms with van der Waals surface area (Å²) < 4.78 is 12.3. The van der Waals surface area contributed by atoms with E-state index in [0.29, 0.717) is 0 Å². The van der Waals surface area contributed by atoms with Gasteiger partial charge in [0.25, 0.3) is 0 Å². The maximum atomic E-state index is 6.00. The summed E-state index contributed by atoms with van der Waals surface area (Å²) in [6, 6.07) is 11.6. The number of aromatic nitrogens is 1. The Hall–Kier alpha value is -1.85. The van der Waals surface area contributed by atoms with Gasteiger partial charge >= 0.3 is 0 Å². The third-order valence-electron chi connectivity index (χ3n) is 3.38. The quantitative estimate of drug-likeness (QED) is 0.777. The van der Waals surface area contributed by atoms with Crippen molar-refractivity contribution in [3.63, 3.8) is 0 Å². The van der Waals surface area contributed by atoms with Crippen LogP contribution in [0.5, 0.6) is 5.75 Å². The molecule has 0 saturated heterocycles. The molecule has 1 N–H and O–H groups in total. The summed E-state index contributed by atoms with van der Waals surface area (Å²) in [4.78, 5) is 4.43. The lowest BCUT2D eigenvalue weighted by Gasteiger charge is -2.15. The van der Waals surface area contributed by atoms with Gasteiger partial charge in [-0.25, -0.2) is 0 Å². The van der Waals surface area contributed by atoms with Gasteiger partial charge in [-0.3, -0.25) is 4.98 Å². The molecule has 5 heteroatoms. The van der Waals surface area contributed by atoms with E-state index in [2.05, 4.69) is 26.2 Å². The molecular formula is C16H15BrN2O2. The lowest BCUT2D eigenvalue weighted by Crippen LogP contribution is -2.19. The van der Waals surface area contributed by atoms with Crippen LogP contribution in [0, 0.1) is 0 Å². The predicted octanol–water partition coefficient (Wildman–Crippen LogP) is 3.91. The number of ether oxygens (including phenoxy) is 1. The number of para-hydroxylation sites is 1. The molecule has 2 heterocycles. The largest absolute Gasteiger partial charge is 0.495 e. The Labute approximate surface area is 131 Å². The average Bonchev–Trinajstić information content (AvgIpc) is 2.94. The minimum absolute atomic E-state index is 0.166. The van der Waals surface area contributed by atoms with Crippen LogP contribution < -0.4 is 10.1 Å². The number of furan rings is 1. The molecule has 4 nitrogen and oxygen atoms in total. The molecule has 0 fully saturated rings. The Morgan fingerprint density at radius 2 is 2.14 bits per heavy atom. The van der Waals surface area contributed by atoms with Crippen LogP contribution >= 0.6 is 15.9 Å². The molecule has 0 spiro atoms. The van der Waals surface area contributed by atoms with Crippen LogP contribution in [0.25, 0.3) is 11.0 Å². The van der Waals surface area contributed by atoms with Gasteiger partial charge in [0.05, 0.1) is 11.6 Å². The van der Waals surface area contributed by atoms with E-state index in [4.69, 9.17) is 9.15 Å². The van der Waals surface area contributed by atoms with Gasteiger partial charge in [-0.1, -0.05) is 12.1 Å². The van der Waals surface area contributed by atoms with Crippen molar-refractivity contribution >= 4 is 26.9 Å². The molecule has 3 rings (SSSR count). The zero-order chi connectivity index (χ0) is 14.8. The lowest BCUT2D eigenvalue weighted by molar-refractivity contribution is 0.394. The first-order valence-electron chi connectivity index (χ1n) is 6.58. The van der Waals surface area contributed by atoms with Gasteiger partial charge in [0, 0.05) is 11.6 Å². The fraction of sp³-hybridized carbons (Fsp3) is 0.188. The first-order valence-corrected chi connectivity index (χ1v) is 7.38. The lowest BCUT2D eigenvalue weighted by atomic mass is 10.1. The van der Waals surface area contributed by atoms with Gasteiger partial charge in [-0.05, 0) is 47.2 Å². The molecule has 1 unspecified atom stereocenters. The molecule has 3 aromatic rings. The highest BCUT2D eigenvalue weighted by Crippen LogP contribution is 2.33. The first kappa shape index (κ1) is 14.1. The Balaban J connectivity index is 2.12. The second-order valence-electron chi connectivity index (χ2n) is 4.62. The van der Waals surface area contributed by atoms with E-state index in [1.54, 1.807) is 13.3 Å². The van der Waals surface area contributed by atoms with Gasteiger partial charge < -0.3 is 14.5 Å². The van der Waals surface area contributed by atoms with Crippen molar-refractivity contribution in [3.8, 4) is 5.75 Å². The Morgan fingerprint density at radius 3 is 2.86 bits per heavy atom. The maximum Gasteiger partial charge on any atom is 0.148 e. The minimum atomic E-state index is -0.166. The highest BCUT2D eigenvalue weighted by atomic mass is 79.9. The van der Waals surface area contributed by atoms with Crippen molar-refractivity contribution in [2.24, 2.45) is 0 Å². The van der Waals surface area contributed by atoms with Crippen molar-refractivity contribution in [2.45, 2.75) is 6.04 Å². The summed E-state index contributed by atoms with van der Waals surface area (Å²) in [7, 11) is 3.52. The smallest absolute Gasteiger partial charge is 0.148 e. The highest BCUT2D eigenvalue weighted by Gasteiger charge is 2.22. The highest BCUT2D eigenvalue weighted by molar-refractivity contribution is 9.10. The van der Waals surface area contributed by atoms with Crippen LogP contribution in [0.2, 0.25) is 0 Å². The molecule has 0 aliphatic rings. The summed E-state index contributed by atoms with van der Waals surface area (Å²) in [6.45, 7) is 0. The van der Waals surface area contributed by atoms with Gasteiger partial charge in [-0.15, -0.1) is 0 Å². The number of benzene rings is 1. The van der Waals surface area contributed by atoms with Gasteiger partial charge in [0.15, 0.2) is 0 Å². The molecule has 108 valence electrons. The zero-order valence-corrected chi connectivity index (χ0v) is 13.3. The van der Waals surface area contributed by atoms with Crippen molar-refractivity contribution in [2.75, 3.05) is 14.2 Å². The number of hydrogen-bond donors (Lipinski definition) is 1. The standard InChI is InChI=1S/C16H15BrN2O2/c1-18-14(15-12(20-2)7-4-8-19-15)13-9-10-5-3-6-11(17)16(10)21-13/h3-9,14,18H,1-2H3. The molecule has 0 aliphatic carbocycles. The van der Waals surface area contributed by atoms with E-state index < -0.39 is 0 Å². The number of fused-ring (bicyclic) bond motifs is 1. The van der Waals surface area contributed by atoms with Crippen LogP contribution in [0.15, 0.2) is 51.5 Å². The van der Waals surface area contributed by atoms with Crippen molar-refractivity contribution < 1.29 is 9.15 Å². The number of hydrogen-bond acceptors (Lipinski definition) is 4. The van der Waals surface area contributed by atoms with Crippen LogP contribution in [0.4, 0.5) is 0 Å². The number of pyridine rings is 1. The minimum Gasteiger partial charge on any atom is -0.495 e. The summed E-state index contributed by atoms with van der Waals surface area (Å²) in [5, 5.41) is 4.29. The maximum absolute atomic E-state index is 6.00. The number of methoxy groups -OCH3 is 1. The fourth-order valence-electron chi connectivity index (χ4n) is 2.40. The number of nitrogens with one attached hydrogen (secondary N) is 1. The van der Waals surface area contributed by atoms with Crippen molar-refractivity contribution in [3.05, 3.63) is 58.5 Å². The molecule has 21 heavy (non-hydrogen) atoms. The van der Waals surface area contributed by atoms with E-state index in [-0.39, 0.29) is 6.04 Å². The third kappa shape index (κ3) is 2.54. The van der Waals surface area contributed by atoms with Crippen LogP contribution in [0.3, 0.4) is 0 Å². The van der Waals surface area contributed by atoms with Gasteiger partial charge in [0.2, 0.25) is 0 Å². The van der Waals surface area contributed by atoms with Crippen LogP contribution in [0.1, 0.15) is 17.5 Å². The van der Waals surface area contributed by atoms with E-state index in [9.17, 15) is 0 Å². The van der Waals surface area contributed by atoms with Crippen molar-refractivity contribution in [1.29, 1.82) is 0 Å². The zero-order valence-electron chi connectivity index (χ0n) is 11.8. The summed E-state index contributed by atoms with van der Waals surface area (Å²) in [5.41, 5.74) is 1.64. The molecular weight excluding hydrogens is 332 g/mol.